The fourth-order valence-electron chi connectivity index (χ4n) is 2.79. The quantitative estimate of drug-likeness (QED) is 0.414. The lowest BCUT2D eigenvalue weighted by atomic mass is 9.93. The highest BCUT2D eigenvalue weighted by molar-refractivity contribution is 7.09. The fraction of sp³-hybridized carbons (Fsp3) is 0.737. The van der Waals surface area contributed by atoms with Crippen molar-refractivity contribution in [1.29, 1.82) is 0 Å². The van der Waals surface area contributed by atoms with Gasteiger partial charge >= 0.3 is 0 Å². The van der Waals surface area contributed by atoms with Gasteiger partial charge in [0.1, 0.15) is 0 Å². The van der Waals surface area contributed by atoms with E-state index >= 15 is 0 Å². The number of nitrogens with one attached hydrogen (secondary N) is 2. The molecule has 1 aromatic heterocycles. The molecule has 2 rings (SSSR count). The van der Waals surface area contributed by atoms with Crippen LogP contribution in [0.5, 0.6) is 0 Å². The second-order valence-corrected chi connectivity index (χ2v) is 8.59. The standard InChI is InChI=1S/C19H33N5OS/c1-5-20-18(21-10-7-13-24-12-6-8-17(24)25)22-11-9-16-23-15(14-26-16)19(2,3)4/h14H,5-13H2,1-4H3,(H2,20,21,22). The molecule has 0 aromatic carbocycles. The molecule has 2 N–H and O–H groups in total. The average Bonchev–Trinajstić information content (AvgIpc) is 3.20. The Balaban J connectivity index is 1.72. The summed E-state index contributed by atoms with van der Waals surface area (Å²) in [7, 11) is 0. The largest absolute Gasteiger partial charge is 0.357 e. The highest BCUT2D eigenvalue weighted by atomic mass is 32.1. The summed E-state index contributed by atoms with van der Waals surface area (Å²) in [6, 6.07) is 0. The van der Waals surface area contributed by atoms with Crippen LogP contribution in [0.1, 0.15) is 57.7 Å². The number of aromatic nitrogens is 1. The average molecular weight is 380 g/mol. The number of hydrogen-bond donors (Lipinski definition) is 2. The molecule has 26 heavy (non-hydrogen) atoms. The highest BCUT2D eigenvalue weighted by Gasteiger charge is 2.19. The zero-order valence-corrected chi connectivity index (χ0v) is 17.4. The SMILES string of the molecule is CCNC(=NCCCN1CCCC1=O)NCCc1nc(C(C)(C)C)cs1. The summed E-state index contributed by atoms with van der Waals surface area (Å²) in [5.74, 6) is 1.13. The Hall–Kier alpha value is -1.63. The predicted octanol–water partition coefficient (Wildman–Crippen LogP) is 2.55. The number of nitrogens with zero attached hydrogens (tertiary/aromatic N) is 3. The molecular formula is C19H33N5OS. The molecular weight excluding hydrogens is 346 g/mol. The van der Waals surface area contributed by atoms with E-state index in [9.17, 15) is 4.79 Å². The Morgan fingerprint density at radius 2 is 2.19 bits per heavy atom. The minimum Gasteiger partial charge on any atom is -0.357 e. The maximum atomic E-state index is 11.6. The van der Waals surface area contributed by atoms with Gasteiger partial charge in [-0.25, -0.2) is 4.98 Å². The first kappa shape index (κ1) is 20.7. The minimum atomic E-state index is 0.106. The maximum Gasteiger partial charge on any atom is 0.222 e. The maximum absolute atomic E-state index is 11.6. The van der Waals surface area contributed by atoms with Crippen LogP contribution in [-0.2, 0) is 16.6 Å². The number of carbonyl (C=O) groups is 1. The highest BCUT2D eigenvalue weighted by Crippen LogP contribution is 2.23. The van der Waals surface area contributed by atoms with Crippen LogP contribution in [0.15, 0.2) is 10.4 Å². The van der Waals surface area contributed by atoms with E-state index in [0.717, 1.165) is 68.6 Å². The first-order chi connectivity index (χ1) is 12.4. The third-order valence-electron chi connectivity index (χ3n) is 4.32. The van der Waals surface area contributed by atoms with Crippen molar-refractivity contribution in [3.8, 4) is 0 Å². The fourth-order valence-corrected chi connectivity index (χ4v) is 3.82. The molecule has 1 fully saturated rings. The van der Waals surface area contributed by atoms with Crippen LogP contribution in [-0.4, -0.2) is 54.5 Å². The smallest absolute Gasteiger partial charge is 0.222 e. The Morgan fingerprint density at radius 1 is 1.38 bits per heavy atom. The molecule has 6 nitrogen and oxygen atoms in total. The van der Waals surface area contributed by atoms with Gasteiger partial charge in [0, 0.05) is 56.4 Å². The summed E-state index contributed by atoms with van der Waals surface area (Å²) in [6.07, 6.45) is 3.51. The Bertz CT molecular complexity index is 605. The molecule has 2 heterocycles. The molecule has 1 aliphatic heterocycles. The monoisotopic (exact) mass is 379 g/mol. The Labute approximate surface area is 161 Å². The molecule has 0 radical (unpaired) electrons. The molecule has 146 valence electrons. The summed E-state index contributed by atoms with van der Waals surface area (Å²) in [4.78, 5) is 22.9. The molecule has 0 aliphatic carbocycles. The van der Waals surface area contributed by atoms with Crippen molar-refractivity contribution < 1.29 is 4.79 Å². The molecule has 1 aromatic rings. The molecule has 1 aliphatic rings. The van der Waals surface area contributed by atoms with Gasteiger partial charge in [0.15, 0.2) is 5.96 Å². The second kappa shape index (κ2) is 9.90. The lowest BCUT2D eigenvalue weighted by Crippen LogP contribution is -2.38. The second-order valence-electron chi connectivity index (χ2n) is 7.65. The summed E-state index contributed by atoms with van der Waals surface area (Å²) >= 11 is 1.73. The van der Waals surface area contributed by atoms with E-state index in [2.05, 4.69) is 48.7 Å². The van der Waals surface area contributed by atoms with Crippen molar-refractivity contribution in [2.45, 2.75) is 58.8 Å². The van der Waals surface area contributed by atoms with Gasteiger partial charge in [-0.1, -0.05) is 20.8 Å². The number of guanidine groups is 1. The van der Waals surface area contributed by atoms with Gasteiger partial charge in [-0.3, -0.25) is 9.79 Å². The van der Waals surface area contributed by atoms with E-state index < -0.39 is 0 Å². The van der Waals surface area contributed by atoms with E-state index in [4.69, 9.17) is 4.98 Å². The van der Waals surface area contributed by atoms with Gasteiger partial charge in [-0.05, 0) is 19.8 Å². The van der Waals surface area contributed by atoms with Crippen LogP contribution in [0.25, 0.3) is 0 Å². The van der Waals surface area contributed by atoms with Crippen LogP contribution in [0, 0.1) is 0 Å². The minimum absolute atomic E-state index is 0.106. The molecule has 7 heteroatoms. The van der Waals surface area contributed by atoms with Crippen LogP contribution in [0.2, 0.25) is 0 Å². The lowest BCUT2D eigenvalue weighted by molar-refractivity contribution is -0.127. The normalized spacial score (nSPS) is 15.6. The van der Waals surface area contributed by atoms with Gasteiger partial charge in [-0.2, -0.15) is 0 Å². The van der Waals surface area contributed by atoms with Gasteiger partial charge in [0.05, 0.1) is 10.7 Å². The zero-order valence-electron chi connectivity index (χ0n) is 16.6. The van der Waals surface area contributed by atoms with Crippen LogP contribution < -0.4 is 10.6 Å². The summed E-state index contributed by atoms with van der Waals surface area (Å²) in [5.41, 5.74) is 1.27. The summed E-state index contributed by atoms with van der Waals surface area (Å²) in [6.45, 7) is 12.7. The van der Waals surface area contributed by atoms with Crippen LogP contribution in [0.3, 0.4) is 0 Å². The first-order valence-corrected chi connectivity index (χ1v) is 10.5. The van der Waals surface area contributed by atoms with Crippen LogP contribution in [0.4, 0.5) is 0 Å². The van der Waals surface area contributed by atoms with Gasteiger partial charge < -0.3 is 15.5 Å². The topological polar surface area (TPSA) is 69.6 Å². The lowest BCUT2D eigenvalue weighted by Gasteiger charge is -2.15. The molecule has 1 saturated heterocycles. The van der Waals surface area contributed by atoms with E-state index in [1.54, 1.807) is 11.3 Å². The van der Waals surface area contributed by atoms with Crippen molar-refractivity contribution in [2.24, 2.45) is 4.99 Å². The van der Waals surface area contributed by atoms with E-state index in [1.165, 1.54) is 0 Å². The van der Waals surface area contributed by atoms with E-state index in [-0.39, 0.29) is 11.3 Å². The number of rotatable bonds is 8. The number of hydrogen-bond acceptors (Lipinski definition) is 4. The molecule has 0 atom stereocenters. The van der Waals surface area contributed by atoms with Crippen molar-refractivity contribution in [1.82, 2.24) is 20.5 Å². The molecule has 0 bridgehead atoms. The first-order valence-electron chi connectivity index (χ1n) is 9.65. The molecule has 0 saturated carbocycles. The van der Waals surface area contributed by atoms with Gasteiger partial charge in [0.2, 0.25) is 5.91 Å². The number of carbonyl (C=O) groups excluding carboxylic acids is 1. The Kier molecular flexibility index (Phi) is 7.87. The third-order valence-corrected chi connectivity index (χ3v) is 5.23. The van der Waals surface area contributed by atoms with Gasteiger partial charge in [-0.15, -0.1) is 11.3 Å². The van der Waals surface area contributed by atoms with Crippen molar-refractivity contribution in [3.05, 3.63) is 16.1 Å². The number of amides is 1. The summed E-state index contributed by atoms with van der Waals surface area (Å²) < 4.78 is 0. The molecule has 0 unspecified atom stereocenters. The third kappa shape index (κ3) is 6.59. The number of likely N-dealkylation sites (tertiary alicyclic amines) is 1. The Morgan fingerprint density at radius 3 is 2.81 bits per heavy atom. The van der Waals surface area contributed by atoms with Gasteiger partial charge in [0.25, 0.3) is 0 Å². The van der Waals surface area contributed by atoms with E-state index in [0.29, 0.717) is 6.42 Å². The summed E-state index contributed by atoms with van der Waals surface area (Å²) in [5, 5.41) is 9.98. The zero-order chi connectivity index (χ0) is 19.0. The van der Waals surface area contributed by atoms with Crippen molar-refractivity contribution in [2.75, 3.05) is 32.7 Å². The molecule has 1 amide bonds. The number of aliphatic imine (C=N–C) groups is 1. The predicted molar refractivity (Wildman–Crippen MR) is 109 cm³/mol. The van der Waals surface area contributed by atoms with E-state index in [1.807, 2.05) is 4.90 Å². The molecule has 0 spiro atoms. The van der Waals surface area contributed by atoms with Crippen molar-refractivity contribution >= 4 is 23.2 Å². The van der Waals surface area contributed by atoms with Crippen LogP contribution >= 0.6 is 11.3 Å². The van der Waals surface area contributed by atoms with Crippen molar-refractivity contribution in [3.63, 3.8) is 0 Å². The number of thiazole rings is 1.